The summed E-state index contributed by atoms with van der Waals surface area (Å²) < 4.78 is 11.2. The lowest BCUT2D eigenvalue weighted by Crippen LogP contribution is -2.48. The standard InChI is InChI=1S/C16H20ClNO3/c1-11-2-3-12(8-13(11)17)16(5-4-14(19)18-10-16)9-15-20-6-7-21-15/h2-3,8,15H,4-7,9-10H2,1H3,(H,18,19)/t16-/m1/s1. The second kappa shape index (κ2) is 5.95. The summed E-state index contributed by atoms with van der Waals surface area (Å²) in [5.41, 5.74) is 2.04. The summed E-state index contributed by atoms with van der Waals surface area (Å²) in [5.74, 6) is 0.108. The number of carbonyl (C=O) groups excluding carboxylic acids is 1. The van der Waals surface area contributed by atoms with E-state index in [-0.39, 0.29) is 17.6 Å². The van der Waals surface area contributed by atoms with Crippen LogP contribution in [0.5, 0.6) is 0 Å². The predicted molar refractivity (Wildman–Crippen MR) is 80.4 cm³/mol. The molecule has 0 aliphatic carbocycles. The maximum atomic E-state index is 11.5. The van der Waals surface area contributed by atoms with E-state index in [0.29, 0.717) is 26.2 Å². The molecule has 1 aromatic carbocycles. The molecule has 2 heterocycles. The third kappa shape index (κ3) is 3.07. The van der Waals surface area contributed by atoms with E-state index in [1.807, 2.05) is 19.1 Å². The Kier molecular flexibility index (Phi) is 4.20. The van der Waals surface area contributed by atoms with Gasteiger partial charge in [-0.05, 0) is 30.5 Å². The van der Waals surface area contributed by atoms with Crippen LogP contribution in [0.15, 0.2) is 18.2 Å². The van der Waals surface area contributed by atoms with Gasteiger partial charge >= 0.3 is 0 Å². The molecular formula is C16H20ClNO3. The Morgan fingerprint density at radius 1 is 1.38 bits per heavy atom. The average molecular weight is 310 g/mol. The number of rotatable bonds is 3. The van der Waals surface area contributed by atoms with Gasteiger partial charge in [0.15, 0.2) is 6.29 Å². The highest BCUT2D eigenvalue weighted by atomic mass is 35.5. The number of benzene rings is 1. The fourth-order valence-corrected chi connectivity index (χ4v) is 3.28. The number of nitrogens with one attached hydrogen (secondary N) is 1. The lowest BCUT2D eigenvalue weighted by molar-refractivity contribution is -0.124. The molecule has 0 bridgehead atoms. The van der Waals surface area contributed by atoms with Crippen LogP contribution in [0.4, 0.5) is 0 Å². The van der Waals surface area contributed by atoms with E-state index in [1.54, 1.807) is 0 Å². The Morgan fingerprint density at radius 2 is 2.14 bits per heavy atom. The van der Waals surface area contributed by atoms with Crippen molar-refractivity contribution in [2.75, 3.05) is 19.8 Å². The molecule has 114 valence electrons. The molecule has 1 aromatic rings. The lowest BCUT2D eigenvalue weighted by Gasteiger charge is -2.39. The molecule has 2 saturated heterocycles. The maximum Gasteiger partial charge on any atom is 0.220 e. The zero-order chi connectivity index (χ0) is 14.9. The van der Waals surface area contributed by atoms with Crippen LogP contribution in [0.2, 0.25) is 5.02 Å². The number of aryl methyl sites for hydroxylation is 1. The monoisotopic (exact) mass is 309 g/mol. The van der Waals surface area contributed by atoms with Crippen molar-refractivity contribution in [2.24, 2.45) is 0 Å². The minimum absolute atomic E-state index is 0.108. The van der Waals surface area contributed by atoms with Crippen molar-refractivity contribution in [2.45, 2.75) is 37.9 Å². The molecule has 1 N–H and O–H groups in total. The van der Waals surface area contributed by atoms with Gasteiger partial charge in [-0.25, -0.2) is 0 Å². The van der Waals surface area contributed by atoms with Crippen molar-refractivity contribution in [1.82, 2.24) is 5.32 Å². The third-order valence-corrected chi connectivity index (χ3v) is 4.89. The normalized spacial score (nSPS) is 26.9. The van der Waals surface area contributed by atoms with Gasteiger partial charge < -0.3 is 14.8 Å². The van der Waals surface area contributed by atoms with Crippen LogP contribution in [0.1, 0.15) is 30.4 Å². The van der Waals surface area contributed by atoms with Crippen molar-refractivity contribution < 1.29 is 14.3 Å². The highest BCUT2D eigenvalue weighted by molar-refractivity contribution is 6.31. The van der Waals surface area contributed by atoms with Crippen LogP contribution in [-0.2, 0) is 19.7 Å². The molecule has 21 heavy (non-hydrogen) atoms. The fraction of sp³-hybridized carbons (Fsp3) is 0.562. The topological polar surface area (TPSA) is 47.6 Å². The summed E-state index contributed by atoms with van der Waals surface area (Å²) in [6.45, 7) is 3.88. The van der Waals surface area contributed by atoms with E-state index in [9.17, 15) is 4.79 Å². The minimum atomic E-state index is -0.194. The van der Waals surface area contributed by atoms with Gasteiger partial charge in [0.2, 0.25) is 5.91 Å². The smallest absolute Gasteiger partial charge is 0.220 e. The van der Waals surface area contributed by atoms with Gasteiger partial charge in [0.25, 0.3) is 0 Å². The molecule has 0 spiro atoms. The molecular weight excluding hydrogens is 290 g/mol. The van der Waals surface area contributed by atoms with Crippen LogP contribution < -0.4 is 5.32 Å². The predicted octanol–water partition coefficient (Wildman–Crippen LogP) is 2.56. The molecule has 1 amide bonds. The Balaban J connectivity index is 1.90. The summed E-state index contributed by atoms with van der Waals surface area (Å²) in [4.78, 5) is 11.5. The Labute approximate surface area is 129 Å². The second-order valence-electron chi connectivity index (χ2n) is 5.90. The average Bonchev–Trinajstić information content (AvgIpc) is 2.97. The van der Waals surface area contributed by atoms with Crippen molar-refractivity contribution >= 4 is 17.5 Å². The van der Waals surface area contributed by atoms with Crippen LogP contribution in [0.25, 0.3) is 0 Å². The summed E-state index contributed by atoms with van der Waals surface area (Å²) in [6.07, 6.45) is 1.87. The molecule has 5 heteroatoms. The van der Waals surface area contributed by atoms with Crippen molar-refractivity contribution in [1.29, 1.82) is 0 Å². The number of piperidine rings is 1. The van der Waals surface area contributed by atoms with Gasteiger partial charge in [-0.2, -0.15) is 0 Å². The fourth-order valence-electron chi connectivity index (χ4n) is 3.10. The van der Waals surface area contributed by atoms with Gasteiger partial charge in [-0.15, -0.1) is 0 Å². The molecule has 4 nitrogen and oxygen atoms in total. The van der Waals surface area contributed by atoms with Gasteiger partial charge in [0.05, 0.1) is 13.2 Å². The maximum absolute atomic E-state index is 11.5. The first-order valence-electron chi connectivity index (χ1n) is 7.36. The number of halogens is 1. The summed E-state index contributed by atoms with van der Waals surface area (Å²) in [7, 11) is 0. The number of ether oxygens (including phenoxy) is 2. The van der Waals surface area contributed by atoms with Crippen molar-refractivity contribution in [3.63, 3.8) is 0 Å². The van der Waals surface area contributed by atoms with E-state index in [4.69, 9.17) is 21.1 Å². The number of hydrogen-bond donors (Lipinski definition) is 1. The van der Waals surface area contributed by atoms with E-state index in [2.05, 4.69) is 11.4 Å². The SMILES string of the molecule is Cc1ccc([C@@]2(CC3OCCO3)CCC(=O)NC2)cc1Cl. The molecule has 2 fully saturated rings. The summed E-state index contributed by atoms with van der Waals surface area (Å²) in [5, 5.41) is 3.75. The van der Waals surface area contributed by atoms with Gasteiger partial charge in [0.1, 0.15) is 0 Å². The van der Waals surface area contributed by atoms with E-state index >= 15 is 0 Å². The van der Waals surface area contributed by atoms with E-state index < -0.39 is 0 Å². The van der Waals surface area contributed by atoms with Gasteiger partial charge in [0, 0.05) is 29.8 Å². The van der Waals surface area contributed by atoms with Gasteiger partial charge in [-0.3, -0.25) is 4.79 Å². The molecule has 3 rings (SSSR count). The Hall–Kier alpha value is -1.10. The zero-order valence-electron chi connectivity index (χ0n) is 12.2. The van der Waals surface area contributed by atoms with E-state index in [1.165, 1.54) is 0 Å². The highest BCUT2D eigenvalue weighted by Gasteiger charge is 2.40. The quantitative estimate of drug-likeness (QED) is 0.933. The minimum Gasteiger partial charge on any atom is -0.355 e. The lowest BCUT2D eigenvalue weighted by atomic mass is 9.72. The number of amides is 1. The number of carbonyl (C=O) groups is 1. The molecule has 2 aliphatic heterocycles. The summed E-state index contributed by atoms with van der Waals surface area (Å²) in [6, 6.07) is 6.16. The molecule has 0 aromatic heterocycles. The molecule has 0 radical (unpaired) electrons. The van der Waals surface area contributed by atoms with Gasteiger partial charge in [-0.1, -0.05) is 23.7 Å². The van der Waals surface area contributed by atoms with Crippen LogP contribution in [-0.4, -0.2) is 32.0 Å². The Morgan fingerprint density at radius 3 is 2.76 bits per heavy atom. The molecule has 2 aliphatic rings. The van der Waals surface area contributed by atoms with Crippen LogP contribution >= 0.6 is 11.6 Å². The second-order valence-corrected chi connectivity index (χ2v) is 6.30. The third-order valence-electron chi connectivity index (χ3n) is 4.49. The van der Waals surface area contributed by atoms with Crippen molar-refractivity contribution in [3.8, 4) is 0 Å². The summed E-state index contributed by atoms with van der Waals surface area (Å²) >= 11 is 6.29. The van der Waals surface area contributed by atoms with E-state index in [0.717, 1.165) is 29.0 Å². The molecule has 1 atom stereocenters. The Bertz CT molecular complexity index is 530. The number of hydrogen-bond acceptors (Lipinski definition) is 3. The highest BCUT2D eigenvalue weighted by Crippen LogP contribution is 2.39. The first-order valence-corrected chi connectivity index (χ1v) is 7.73. The first-order chi connectivity index (χ1) is 10.1. The first kappa shape index (κ1) is 14.8. The largest absolute Gasteiger partial charge is 0.355 e. The van der Waals surface area contributed by atoms with Crippen molar-refractivity contribution in [3.05, 3.63) is 34.3 Å². The molecule has 0 saturated carbocycles. The van der Waals surface area contributed by atoms with Crippen LogP contribution in [0.3, 0.4) is 0 Å². The zero-order valence-corrected chi connectivity index (χ0v) is 12.9. The van der Waals surface area contributed by atoms with Crippen LogP contribution in [0, 0.1) is 6.92 Å². The molecule has 0 unspecified atom stereocenters.